The fourth-order valence-corrected chi connectivity index (χ4v) is 2.92. The van der Waals surface area contributed by atoms with Crippen LogP contribution in [0.3, 0.4) is 0 Å². The van der Waals surface area contributed by atoms with Crippen molar-refractivity contribution in [3.63, 3.8) is 0 Å². The zero-order valence-corrected chi connectivity index (χ0v) is 16.4. The van der Waals surface area contributed by atoms with Crippen LogP contribution in [0.25, 0.3) is 11.7 Å². The average molecular weight is 422 g/mol. The van der Waals surface area contributed by atoms with Gasteiger partial charge in [-0.15, -0.1) is 0 Å². The maximum absolute atomic E-state index is 11.4. The Labute approximate surface area is 174 Å². The van der Waals surface area contributed by atoms with Crippen LogP contribution in [-0.2, 0) is 6.61 Å². The van der Waals surface area contributed by atoms with Gasteiger partial charge in [0, 0.05) is 11.3 Å². The molecular formula is C19H18N8O4. The van der Waals surface area contributed by atoms with Crippen LogP contribution in [0.15, 0.2) is 34.2 Å². The third kappa shape index (κ3) is 3.95. The van der Waals surface area contributed by atoms with Gasteiger partial charge in [-0.1, -0.05) is 6.07 Å². The number of aromatic hydroxyl groups is 1. The van der Waals surface area contributed by atoms with E-state index in [1.165, 1.54) is 4.52 Å². The highest BCUT2D eigenvalue weighted by molar-refractivity contribution is 5.56. The Morgan fingerprint density at radius 1 is 1.29 bits per heavy atom. The molecule has 1 aliphatic rings. The van der Waals surface area contributed by atoms with E-state index in [0.717, 1.165) is 12.8 Å². The maximum atomic E-state index is 11.4. The molecule has 0 radical (unpaired) electrons. The highest BCUT2D eigenvalue weighted by Crippen LogP contribution is 2.22. The van der Waals surface area contributed by atoms with E-state index in [4.69, 9.17) is 9.47 Å². The minimum atomic E-state index is -0.519. The van der Waals surface area contributed by atoms with E-state index in [1.807, 2.05) is 6.07 Å². The van der Waals surface area contributed by atoms with Crippen molar-refractivity contribution < 1.29 is 14.6 Å². The third-order valence-electron chi connectivity index (χ3n) is 4.58. The van der Waals surface area contributed by atoms with Gasteiger partial charge in [0.2, 0.25) is 11.8 Å². The summed E-state index contributed by atoms with van der Waals surface area (Å²) >= 11 is 0. The number of ether oxygens (including phenoxy) is 2. The van der Waals surface area contributed by atoms with Crippen LogP contribution >= 0.6 is 0 Å². The molecule has 0 bridgehead atoms. The summed E-state index contributed by atoms with van der Waals surface area (Å²) in [5.41, 5.74) is 1.13. The molecule has 1 aliphatic carbocycles. The predicted molar refractivity (Wildman–Crippen MR) is 106 cm³/mol. The fraction of sp³-hybridized carbons (Fsp3) is 0.263. The summed E-state index contributed by atoms with van der Waals surface area (Å²) in [7, 11) is 1.54. The quantitative estimate of drug-likeness (QED) is 0.373. The molecule has 0 amide bonds. The molecule has 0 saturated heterocycles. The lowest BCUT2D eigenvalue weighted by Gasteiger charge is -2.06. The van der Waals surface area contributed by atoms with E-state index in [9.17, 15) is 9.90 Å². The van der Waals surface area contributed by atoms with E-state index < -0.39 is 5.69 Å². The van der Waals surface area contributed by atoms with Crippen molar-refractivity contribution in [2.24, 2.45) is 4.99 Å². The van der Waals surface area contributed by atoms with Crippen LogP contribution in [0.5, 0.6) is 17.8 Å². The standard InChI is InChI=1S/C19H18N8O4/c1-30-14-4-2-3-12(21-14)9-31-19-24-15-10(7-13-16(28)25-18(29)23-13)8-20-27(15)17(26-19)22-11-5-6-11/h2-4,7-8,11,28H,5-6,9H2,1H3,(H2,23,25,29)/b10-7-,22-17?. The Hall–Kier alpha value is -4.22. The Kier molecular flexibility index (Phi) is 4.58. The number of hydrogen-bond donors (Lipinski definition) is 3. The van der Waals surface area contributed by atoms with Crippen LogP contribution in [0.1, 0.15) is 24.2 Å². The summed E-state index contributed by atoms with van der Waals surface area (Å²) in [6, 6.07) is 5.68. The SMILES string of the molecule is COc1cccc(COc2nc(=NC3CC3)n3nc/c(=C/c4[nH]c(=O)[nH]c4O)c3n2)n1. The second-order valence-electron chi connectivity index (χ2n) is 6.95. The molecular weight excluding hydrogens is 404 g/mol. The largest absolute Gasteiger partial charge is 0.493 e. The highest BCUT2D eigenvalue weighted by atomic mass is 16.5. The van der Waals surface area contributed by atoms with Gasteiger partial charge in [0.1, 0.15) is 12.3 Å². The van der Waals surface area contributed by atoms with Gasteiger partial charge in [-0.05, 0) is 25.0 Å². The maximum Gasteiger partial charge on any atom is 0.326 e. The van der Waals surface area contributed by atoms with Gasteiger partial charge in [-0.25, -0.2) is 14.8 Å². The molecule has 4 heterocycles. The summed E-state index contributed by atoms with van der Waals surface area (Å²) in [6.07, 6.45) is 5.09. The number of fused-ring (bicyclic) bond motifs is 1. The molecule has 1 saturated carbocycles. The number of nitrogens with one attached hydrogen (secondary N) is 2. The van der Waals surface area contributed by atoms with Crippen LogP contribution in [0.2, 0.25) is 0 Å². The first kappa shape index (κ1) is 18.8. The number of H-pyrrole nitrogens is 2. The Balaban J connectivity index is 1.57. The van der Waals surface area contributed by atoms with Crippen LogP contribution in [-0.4, -0.2) is 52.8 Å². The summed E-state index contributed by atoms with van der Waals surface area (Å²) in [4.78, 5) is 33.9. The number of rotatable bonds is 6. The topological polar surface area (TPSA) is 156 Å². The molecule has 0 unspecified atom stereocenters. The van der Waals surface area contributed by atoms with Crippen LogP contribution in [0, 0.1) is 0 Å². The molecule has 4 aromatic rings. The molecule has 0 aromatic carbocycles. The van der Waals surface area contributed by atoms with Crippen molar-refractivity contribution in [3.8, 4) is 17.8 Å². The average Bonchev–Trinajstić information content (AvgIpc) is 3.41. The highest BCUT2D eigenvalue weighted by Gasteiger charge is 2.21. The molecule has 5 rings (SSSR count). The normalized spacial score (nSPS) is 15.0. The van der Waals surface area contributed by atoms with Crippen molar-refractivity contribution in [2.75, 3.05) is 7.11 Å². The van der Waals surface area contributed by atoms with Crippen molar-refractivity contribution in [3.05, 3.63) is 57.1 Å². The fourth-order valence-electron chi connectivity index (χ4n) is 2.92. The van der Waals surface area contributed by atoms with Crippen molar-refractivity contribution in [2.45, 2.75) is 25.5 Å². The van der Waals surface area contributed by atoms with E-state index in [2.05, 4.69) is 35.0 Å². The Morgan fingerprint density at radius 3 is 2.90 bits per heavy atom. The van der Waals surface area contributed by atoms with Gasteiger partial charge in [0.15, 0.2) is 5.65 Å². The summed E-state index contributed by atoms with van der Waals surface area (Å²) < 4.78 is 12.4. The number of pyridine rings is 1. The molecule has 4 aromatic heterocycles. The number of nitrogens with zero attached hydrogens (tertiary/aromatic N) is 6. The smallest absolute Gasteiger partial charge is 0.326 e. The monoisotopic (exact) mass is 422 g/mol. The van der Waals surface area contributed by atoms with Crippen molar-refractivity contribution in [1.29, 1.82) is 0 Å². The second-order valence-corrected chi connectivity index (χ2v) is 6.95. The van der Waals surface area contributed by atoms with Gasteiger partial charge in [0.25, 0.3) is 5.62 Å². The van der Waals surface area contributed by atoms with Gasteiger partial charge in [0.05, 0.1) is 25.0 Å². The molecule has 0 atom stereocenters. The number of aromatic amines is 2. The first-order chi connectivity index (χ1) is 15.1. The molecule has 12 nitrogen and oxygen atoms in total. The Morgan fingerprint density at radius 2 is 2.16 bits per heavy atom. The minimum Gasteiger partial charge on any atom is -0.493 e. The predicted octanol–water partition coefficient (Wildman–Crippen LogP) is -0.560. The number of methoxy groups -OCH3 is 1. The van der Waals surface area contributed by atoms with Gasteiger partial charge in [-0.3, -0.25) is 4.98 Å². The Bertz CT molecular complexity index is 1430. The van der Waals surface area contributed by atoms with Crippen molar-refractivity contribution >= 4 is 11.7 Å². The molecule has 3 N–H and O–H groups in total. The summed E-state index contributed by atoms with van der Waals surface area (Å²) in [5.74, 6) is 0.205. The molecule has 31 heavy (non-hydrogen) atoms. The molecule has 12 heteroatoms. The summed E-state index contributed by atoms with van der Waals surface area (Å²) in [6.45, 7) is 0.134. The number of hydrogen-bond acceptors (Lipinski definition) is 9. The zero-order chi connectivity index (χ0) is 21.4. The zero-order valence-electron chi connectivity index (χ0n) is 16.4. The molecule has 0 spiro atoms. The lowest BCUT2D eigenvalue weighted by atomic mass is 10.3. The van der Waals surface area contributed by atoms with Gasteiger partial charge in [-0.2, -0.15) is 19.6 Å². The van der Waals surface area contributed by atoms with Crippen LogP contribution < -0.4 is 26.0 Å². The second kappa shape index (κ2) is 7.55. The number of imidazole rings is 1. The molecule has 1 fully saturated rings. The first-order valence-corrected chi connectivity index (χ1v) is 9.54. The lowest BCUT2D eigenvalue weighted by Crippen LogP contribution is -2.24. The van der Waals surface area contributed by atoms with E-state index in [-0.39, 0.29) is 30.2 Å². The number of aromatic nitrogens is 7. The van der Waals surface area contributed by atoms with E-state index in [0.29, 0.717) is 28.1 Å². The van der Waals surface area contributed by atoms with Gasteiger partial charge < -0.3 is 19.6 Å². The minimum absolute atomic E-state index is 0.110. The molecule has 0 aliphatic heterocycles. The van der Waals surface area contributed by atoms with Crippen LogP contribution in [0.4, 0.5) is 0 Å². The lowest BCUT2D eigenvalue weighted by molar-refractivity contribution is 0.272. The van der Waals surface area contributed by atoms with Gasteiger partial charge >= 0.3 is 11.7 Å². The van der Waals surface area contributed by atoms with E-state index in [1.54, 1.807) is 31.5 Å². The van der Waals surface area contributed by atoms with E-state index >= 15 is 0 Å². The molecule has 158 valence electrons. The van der Waals surface area contributed by atoms with Crippen molar-refractivity contribution in [1.82, 2.24) is 34.5 Å². The summed E-state index contributed by atoms with van der Waals surface area (Å²) in [5, 5.41) is 14.7. The third-order valence-corrected chi connectivity index (χ3v) is 4.58. The first-order valence-electron chi connectivity index (χ1n) is 9.54.